The summed E-state index contributed by atoms with van der Waals surface area (Å²) >= 11 is 11.9. The number of hydrogen-bond donors (Lipinski definition) is 3. The standard InChI is InChI=1S/C21H27ClN6O.C18H23ClN8O/c1-7-28(11-19(29)24-15-8-13(4)23-17(22)9-15)18-10-16(12(2)3)20-14(5)26-27(6)21(20)25-18;1-10-7-12(8-14(19)20-10)21-18(28)24-26(5)15-9-13(25(3)4)16-11(2)23-27(6)17(16)22-15/h8-10,12H,7,11H2,1-6H3,(H,23,24,29);7-9H,1-6H3,(H2,20,21,24,28). The van der Waals surface area contributed by atoms with E-state index in [-0.39, 0.29) is 12.5 Å². The van der Waals surface area contributed by atoms with Crippen molar-refractivity contribution >= 4 is 85.9 Å². The third-order valence-corrected chi connectivity index (χ3v) is 9.45. The molecule has 0 saturated carbocycles. The van der Waals surface area contributed by atoms with Crippen molar-refractivity contribution < 1.29 is 9.59 Å². The Labute approximate surface area is 342 Å². The summed E-state index contributed by atoms with van der Waals surface area (Å²) in [6, 6.07) is 10.3. The van der Waals surface area contributed by atoms with Gasteiger partial charge in [-0.3, -0.25) is 19.2 Å². The van der Waals surface area contributed by atoms with E-state index in [1.807, 2.05) is 71.8 Å². The Kier molecular flexibility index (Phi) is 13.1. The number of rotatable bonds is 10. The number of carbonyl (C=O) groups is 2. The first kappa shape index (κ1) is 42.4. The first-order valence-electron chi connectivity index (χ1n) is 18.4. The zero-order valence-electron chi connectivity index (χ0n) is 34.4. The van der Waals surface area contributed by atoms with E-state index in [1.54, 1.807) is 52.6 Å². The average molecular weight is 818 g/mol. The highest BCUT2D eigenvalue weighted by Gasteiger charge is 2.20. The molecular formula is C39H50Cl2N14O2. The van der Waals surface area contributed by atoms with Gasteiger partial charge in [0.05, 0.1) is 29.0 Å². The molecule has 0 aromatic carbocycles. The van der Waals surface area contributed by atoms with Crippen LogP contribution in [0.1, 0.15) is 55.0 Å². The van der Waals surface area contributed by atoms with Crippen LogP contribution >= 0.6 is 23.2 Å². The van der Waals surface area contributed by atoms with Crippen molar-refractivity contribution in [3.63, 3.8) is 0 Å². The minimum absolute atomic E-state index is 0.136. The van der Waals surface area contributed by atoms with Crippen molar-refractivity contribution in [2.45, 2.75) is 54.4 Å². The number of pyridine rings is 4. The molecule has 0 saturated heterocycles. The van der Waals surface area contributed by atoms with Gasteiger partial charge in [0.25, 0.3) is 0 Å². The maximum absolute atomic E-state index is 12.7. The van der Waals surface area contributed by atoms with Crippen LogP contribution in [-0.4, -0.2) is 85.7 Å². The van der Waals surface area contributed by atoms with Crippen molar-refractivity contribution in [2.75, 3.05) is 59.7 Å². The van der Waals surface area contributed by atoms with Gasteiger partial charge >= 0.3 is 6.03 Å². The zero-order chi connectivity index (χ0) is 41.9. The Morgan fingerprint density at radius 3 is 1.79 bits per heavy atom. The minimum atomic E-state index is -0.418. The quantitative estimate of drug-likeness (QED) is 0.0954. The summed E-state index contributed by atoms with van der Waals surface area (Å²) in [5.41, 5.74) is 11.0. The van der Waals surface area contributed by atoms with E-state index in [0.29, 0.717) is 45.7 Å². The molecule has 57 heavy (non-hydrogen) atoms. The molecule has 18 heteroatoms. The first-order valence-corrected chi connectivity index (χ1v) is 19.1. The van der Waals surface area contributed by atoms with Crippen LogP contribution in [-0.2, 0) is 18.9 Å². The fourth-order valence-corrected chi connectivity index (χ4v) is 7.01. The highest BCUT2D eigenvalue weighted by atomic mass is 35.5. The predicted molar refractivity (Wildman–Crippen MR) is 230 cm³/mol. The number of likely N-dealkylation sites (N-methyl/N-ethyl adjacent to an activating group) is 1. The number of aromatic nitrogens is 8. The lowest BCUT2D eigenvalue weighted by molar-refractivity contribution is -0.115. The third kappa shape index (κ3) is 9.99. The van der Waals surface area contributed by atoms with Gasteiger partial charge in [-0.25, -0.2) is 30.2 Å². The number of halogens is 2. The molecule has 6 heterocycles. The molecule has 6 aromatic heterocycles. The van der Waals surface area contributed by atoms with E-state index < -0.39 is 6.03 Å². The summed E-state index contributed by atoms with van der Waals surface area (Å²) in [5.74, 6) is 1.53. The fourth-order valence-electron chi connectivity index (χ4n) is 6.51. The molecule has 0 spiro atoms. The number of amides is 3. The van der Waals surface area contributed by atoms with Gasteiger partial charge in [0.1, 0.15) is 16.1 Å². The maximum Gasteiger partial charge on any atom is 0.338 e. The van der Waals surface area contributed by atoms with Crippen molar-refractivity contribution in [1.82, 2.24) is 44.9 Å². The first-order chi connectivity index (χ1) is 26.8. The monoisotopic (exact) mass is 816 g/mol. The molecule has 0 bridgehead atoms. The summed E-state index contributed by atoms with van der Waals surface area (Å²) in [6.45, 7) is 14.7. The van der Waals surface area contributed by atoms with E-state index in [4.69, 9.17) is 28.2 Å². The molecule has 0 aliphatic rings. The summed E-state index contributed by atoms with van der Waals surface area (Å²) in [4.78, 5) is 46.7. The van der Waals surface area contributed by atoms with Gasteiger partial charge in [-0.2, -0.15) is 10.2 Å². The number of anilines is 5. The molecule has 302 valence electrons. The van der Waals surface area contributed by atoms with Crippen LogP contribution in [0.25, 0.3) is 22.1 Å². The topological polar surface area (TPSA) is 167 Å². The van der Waals surface area contributed by atoms with Gasteiger partial charge < -0.3 is 20.4 Å². The molecular weight excluding hydrogens is 767 g/mol. The van der Waals surface area contributed by atoms with E-state index in [0.717, 1.165) is 50.7 Å². The Morgan fingerprint density at radius 1 is 0.737 bits per heavy atom. The van der Waals surface area contributed by atoms with E-state index in [9.17, 15) is 9.59 Å². The summed E-state index contributed by atoms with van der Waals surface area (Å²) in [6.07, 6.45) is 0. The number of nitrogens with zero attached hydrogens (tertiary/aromatic N) is 11. The van der Waals surface area contributed by atoms with Gasteiger partial charge in [0.2, 0.25) is 5.91 Å². The van der Waals surface area contributed by atoms with Crippen molar-refractivity contribution in [3.8, 4) is 0 Å². The third-order valence-electron chi connectivity index (χ3n) is 9.06. The van der Waals surface area contributed by atoms with Gasteiger partial charge in [-0.15, -0.1) is 0 Å². The van der Waals surface area contributed by atoms with Crippen LogP contribution < -0.4 is 30.9 Å². The smallest absolute Gasteiger partial charge is 0.338 e. The van der Waals surface area contributed by atoms with E-state index in [2.05, 4.69) is 61.1 Å². The molecule has 6 aromatic rings. The molecule has 0 atom stereocenters. The van der Waals surface area contributed by atoms with E-state index >= 15 is 0 Å². The molecule has 0 fully saturated rings. The number of nitrogens with one attached hydrogen (secondary N) is 3. The number of hydrogen-bond acceptors (Lipinski definition) is 11. The van der Waals surface area contributed by atoms with Crippen LogP contribution in [0.15, 0.2) is 36.4 Å². The van der Waals surface area contributed by atoms with E-state index in [1.165, 1.54) is 5.56 Å². The molecule has 0 unspecified atom stereocenters. The SMILES string of the molecule is CCN(CC(=O)Nc1cc(C)nc(Cl)c1)c1cc(C(C)C)c2c(C)nn(C)c2n1.Cc1cc(NC(=O)NN(C)c2cc(N(C)C)c3c(C)nn(C)c3n2)cc(Cl)n1. The Bertz CT molecular complexity index is 2400. The number of urea groups is 1. The van der Waals surface area contributed by atoms with Gasteiger partial charge in [0, 0.05) is 76.0 Å². The second kappa shape index (κ2) is 17.6. The Hall–Kier alpha value is -5.74. The highest BCUT2D eigenvalue weighted by molar-refractivity contribution is 6.30. The van der Waals surface area contributed by atoms with Crippen LogP contribution in [0.2, 0.25) is 10.3 Å². The molecule has 16 nitrogen and oxygen atoms in total. The average Bonchev–Trinajstić information content (AvgIpc) is 3.57. The normalized spacial score (nSPS) is 11.1. The van der Waals surface area contributed by atoms with Crippen LogP contribution in [0.5, 0.6) is 0 Å². The number of fused-ring (bicyclic) bond motifs is 2. The summed E-state index contributed by atoms with van der Waals surface area (Å²) < 4.78 is 3.53. The molecule has 3 amide bonds. The Balaban J connectivity index is 0.000000218. The lowest BCUT2D eigenvalue weighted by Crippen LogP contribution is -2.42. The molecule has 0 aliphatic carbocycles. The van der Waals surface area contributed by atoms with Gasteiger partial charge in [-0.05, 0) is 76.4 Å². The molecule has 0 aliphatic heterocycles. The number of aryl methyl sites for hydroxylation is 6. The molecule has 0 radical (unpaired) electrons. The van der Waals surface area contributed by atoms with Gasteiger partial charge in [-0.1, -0.05) is 37.0 Å². The maximum atomic E-state index is 12.7. The predicted octanol–water partition coefficient (Wildman–Crippen LogP) is 7.09. The summed E-state index contributed by atoms with van der Waals surface area (Å²) in [7, 11) is 9.39. The summed E-state index contributed by atoms with van der Waals surface area (Å²) in [5, 5.41) is 18.9. The second-order valence-electron chi connectivity index (χ2n) is 14.3. The fraction of sp³-hybridized carbons (Fsp3) is 0.385. The Morgan fingerprint density at radius 2 is 1.26 bits per heavy atom. The molecule has 3 N–H and O–H groups in total. The minimum Gasteiger partial charge on any atom is -0.377 e. The van der Waals surface area contributed by atoms with Crippen LogP contribution in [0, 0.1) is 27.7 Å². The number of carbonyl (C=O) groups excluding carboxylic acids is 2. The van der Waals surface area contributed by atoms with Crippen LogP contribution in [0.3, 0.4) is 0 Å². The largest absolute Gasteiger partial charge is 0.377 e. The molecule has 6 rings (SSSR count). The lowest BCUT2D eigenvalue weighted by atomic mass is 9.99. The number of hydrazine groups is 1. The van der Waals surface area contributed by atoms with Crippen LogP contribution in [0.4, 0.5) is 33.5 Å². The highest BCUT2D eigenvalue weighted by Crippen LogP contribution is 2.32. The lowest BCUT2D eigenvalue weighted by Gasteiger charge is -2.23. The second-order valence-corrected chi connectivity index (χ2v) is 15.0. The van der Waals surface area contributed by atoms with Crippen molar-refractivity contribution in [2.24, 2.45) is 14.1 Å². The zero-order valence-corrected chi connectivity index (χ0v) is 36.0. The van der Waals surface area contributed by atoms with Gasteiger partial charge in [0.15, 0.2) is 17.1 Å². The van der Waals surface area contributed by atoms with Crippen molar-refractivity contribution in [3.05, 3.63) is 75.0 Å². The van der Waals surface area contributed by atoms with Crippen molar-refractivity contribution in [1.29, 1.82) is 0 Å².